The maximum atomic E-state index is 6.45. The van der Waals surface area contributed by atoms with E-state index in [1.807, 2.05) is 42.5 Å². The third kappa shape index (κ3) is 5.01. The molecule has 0 atom stereocenters. The lowest BCUT2D eigenvalue weighted by atomic mass is 10.2. The van der Waals surface area contributed by atoms with Gasteiger partial charge in [0.25, 0.3) is 8.32 Å². The Hall–Kier alpha value is -1.46. The molecule has 0 saturated carbocycles. The van der Waals surface area contributed by atoms with Crippen molar-refractivity contribution in [3.63, 3.8) is 0 Å². The summed E-state index contributed by atoms with van der Waals surface area (Å²) in [5.74, 6) is 2.18. The number of benzene rings is 2. The van der Waals surface area contributed by atoms with Crippen molar-refractivity contribution in [3.05, 3.63) is 52.5 Å². The van der Waals surface area contributed by atoms with Gasteiger partial charge in [0.1, 0.15) is 12.4 Å². The van der Waals surface area contributed by atoms with Gasteiger partial charge in [0, 0.05) is 6.07 Å². The molecular weight excluding hydrogens is 396 g/mol. The summed E-state index contributed by atoms with van der Waals surface area (Å²) in [7, 11) is -0.310. The monoisotopic (exact) mass is 422 g/mol. The van der Waals surface area contributed by atoms with Crippen molar-refractivity contribution in [1.29, 1.82) is 0 Å². The summed E-state index contributed by atoms with van der Waals surface area (Å²) in [6, 6.07) is 13.9. The molecule has 0 spiro atoms. The summed E-state index contributed by atoms with van der Waals surface area (Å²) < 4.78 is 18.8. The van der Waals surface area contributed by atoms with E-state index < -0.39 is 8.32 Å². The first-order valence-corrected chi connectivity index (χ1v) is 12.1. The topological polar surface area (TPSA) is 27.7 Å². The number of hydrogen-bond acceptors (Lipinski definition) is 3. The normalized spacial score (nSPS) is 12.0. The number of ether oxygens (including phenoxy) is 2. The Morgan fingerprint density at radius 1 is 1.04 bits per heavy atom. The highest BCUT2D eigenvalue weighted by molar-refractivity contribution is 9.10. The largest absolute Gasteiger partial charge is 0.540 e. The van der Waals surface area contributed by atoms with Gasteiger partial charge in [-0.25, -0.2) is 0 Å². The van der Waals surface area contributed by atoms with E-state index in [4.69, 9.17) is 13.9 Å². The molecule has 0 heterocycles. The minimum absolute atomic E-state index is 0.111. The van der Waals surface area contributed by atoms with E-state index in [0.717, 1.165) is 21.5 Å². The molecule has 0 saturated heterocycles. The fraction of sp³-hybridized carbons (Fsp3) is 0.400. The molecule has 0 unspecified atom stereocenters. The maximum absolute atomic E-state index is 6.45. The van der Waals surface area contributed by atoms with E-state index in [0.29, 0.717) is 12.4 Å². The summed E-state index contributed by atoms with van der Waals surface area (Å²) in [4.78, 5) is 0. The zero-order valence-electron chi connectivity index (χ0n) is 15.9. The van der Waals surface area contributed by atoms with Gasteiger partial charge in [-0.1, -0.05) is 51.1 Å². The van der Waals surface area contributed by atoms with Crippen molar-refractivity contribution in [2.75, 3.05) is 7.11 Å². The molecule has 0 radical (unpaired) electrons. The van der Waals surface area contributed by atoms with Crippen molar-refractivity contribution in [2.24, 2.45) is 0 Å². The van der Waals surface area contributed by atoms with E-state index in [9.17, 15) is 0 Å². The van der Waals surface area contributed by atoms with Gasteiger partial charge in [0.05, 0.1) is 11.6 Å². The Morgan fingerprint density at radius 2 is 1.68 bits per heavy atom. The zero-order valence-corrected chi connectivity index (χ0v) is 18.4. The van der Waals surface area contributed by atoms with Crippen LogP contribution >= 0.6 is 15.9 Å². The number of rotatable bonds is 6. The van der Waals surface area contributed by atoms with Crippen LogP contribution in [0, 0.1) is 0 Å². The molecule has 0 amide bonds. The van der Waals surface area contributed by atoms with Gasteiger partial charge in [-0.15, -0.1) is 0 Å². The number of methoxy groups -OCH3 is 1. The summed E-state index contributed by atoms with van der Waals surface area (Å²) in [6.07, 6.45) is 0. The lowest BCUT2D eigenvalue weighted by Gasteiger charge is -2.37. The van der Waals surface area contributed by atoms with Crippen LogP contribution in [0.1, 0.15) is 26.3 Å². The minimum Gasteiger partial charge on any atom is -0.540 e. The van der Waals surface area contributed by atoms with Crippen molar-refractivity contribution in [3.8, 4) is 17.2 Å². The fourth-order valence-electron chi connectivity index (χ4n) is 2.03. The molecule has 0 bridgehead atoms. The molecular formula is C20H27BrO3Si. The van der Waals surface area contributed by atoms with E-state index >= 15 is 0 Å². The molecule has 0 aliphatic carbocycles. The SMILES string of the molecule is COc1cc(OCc2ccccc2)cc(Br)c1O[Si](C)(C)C(C)(C)C. The van der Waals surface area contributed by atoms with Crippen LogP contribution in [0.2, 0.25) is 18.1 Å². The van der Waals surface area contributed by atoms with Crippen molar-refractivity contribution in [2.45, 2.75) is 45.5 Å². The molecule has 2 aromatic carbocycles. The Balaban J connectivity index is 2.23. The molecule has 0 aromatic heterocycles. The second-order valence-electron chi connectivity index (χ2n) is 7.57. The second kappa shape index (κ2) is 7.83. The molecule has 3 nitrogen and oxygen atoms in total. The highest BCUT2D eigenvalue weighted by Gasteiger charge is 2.40. The fourth-order valence-corrected chi connectivity index (χ4v) is 3.71. The Morgan fingerprint density at radius 3 is 2.24 bits per heavy atom. The van der Waals surface area contributed by atoms with E-state index in [1.165, 1.54) is 0 Å². The van der Waals surface area contributed by atoms with Crippen LogP contribution in [0.15, 0.2) is 46.9 Å². The summed E-state index contributed by atoms with van der Waals surface area (Å²) in [5.41, 5.74) is 1.12. The number of halogens is 1. The van der Waals surface area contributed by atoms with Crippen LogP contribution in [-0.2, 0) is 6.61 Å². The smallest absolute Gasteiger partial charge is 0.250 e. The highest BCUT2D eigenvalue weighted by Crippen LogP contribution is 2.45. The molecule has 0 aliphatic heterocycles. The van der Waals surface area contributed by atoms with Gasteiger partial charge in [-0.3, -0.25) is 0 Å². The minimum atomic E-state index is -1.96. The predicted octanol–water partition coefficient (Wildman–Crippen LogP) is 6.42. The summed E-state index contributed by atoms with van der Waals surface area (Å²) in [6.45, 7) is 11.6. The van der Waals surface area contributed by atoms with Gasteiger partial charge in [0.15, 0.2) is 11.5 Å². The quantitative estimate of drug-likeness (QED) is 0.502. The second-order valence-corrected chi connectivity index (χ2v) is 13.2. The Bertz CT molecular complexity index is 709. The van der Waals surface area contributed by atoms with Crippen LogP contribution in [0.5, 0.6) is 17.2 Å². The van der Waals surface area contributed by atoms with Crippen LogP contribution in [-0.4, -0.2) is 15.4 Å². The molecule has 25 heavy (non-hydrogen) atoms. The van der Waals surface area contributed by atoms with E-state index in [1.54, 1.807) is 7.11 Å². The molecule has 0 aliphatic rings. The van der Waals surface area contributed by atoms with Gasteiger partial charge in [-0.2, -0.15) is 0 Å². The van der Waals surface area contributed by atoms with Crippen molar-refractivity contribution < 1.29 is 13.9 Å². The summed E-state index contributed by atoms with van der Waals surface area (Å²) in [5, 5.41) is 0.111. The van der Waals surface area contributed by atoms with Crippen LogP contribution in [0.25, 0.3) is 0 Å². The molecule has 136 valence electrons. The first kappa shape index (κ1) is 19.9. The maximum Gasteiger partial charge on any atom is 0.250 e. The lowest BCUT2D eigenvalue weighted by molar-refractivity contribution is 0.302. The zero-order chi connectivity index (χ0) is 18.7. The van der Waals surface area contributed by atoms with Gasteiger partial charge in [0.2, 0.25) is 0 Å². The van der Waals surface area contributed by atoms with Gasteiger partial charge in [-0.05, 0) is 45.7 Å². The summed E-state index contributed by atoms with van der Waals surface area (Å²) >= 11 is 3.62. The average Bonchev–Trinajstić information content (AvgIpc) is 2.54. The molecule has 2 rings (SSSR count). The first-order valence-electron chi connectivity index (χ1n) is 8.37. The van der Waals surface area contributed by atoms with Crippen molar-refractivity contribution >= 4 is 24.2 Å². The average molecular weight is 423 g/mol. The van der Waals surface area contributed by atoms with E-state index in [-0.39, 0.29) is 5.04 Å². The standard InChI is InChI=1S/C20H27BrO3Si/c1-20(2,3)25(5,6)24-19-17(21)12-16(13-18(19)22-4)23-14-15-10-8-7-9-11-15/h7-13H,14H2,1-6H3. The molecule has 2 aromatic rings. The van der Waals surface area contributed by atoms with Crippen molar-refractivity contribution in [1.82, 2.24) is 0 Å². The predicted molar refractivity (Wildman–Crippen MR) is 109 cm³/mol. The molecule has 0 N–H and O–H groups in total. The van der Waals surface area contributed by atoms with Crippen LogP contribution < -0.4 is 13.9 Å². The third-order valence-electron chi connectivity index (χ3n) is 4.61. The molecule has 0 fully saturated rings. The van der Waals surface area contributed by atoms with Gasteiger partial charge < -0.3 is 13.9 Å². The van der Waals surface area contributed by atoms with Crippen LogP contribution in [0.3, 0.4) is 0 Å². The lowest BCUT2D eigenvalue weighted by Crippen LogP contribution is -2.44. The Labute approximate surface area is 160 Å². The third-order valence-corrected chi connectivity index (χ3v) is 9.53. The number of hydrogen-bond donors (Lipinski definition) is 0. The Kier molecular flexibility index (Phi) is 6.22. The van der Waals surface area contributed by atoms with Crippen LogP contribution in [0.4, 0.5) is 0 Å². The van der Waals surface area contributed by atoms with E-state index in [2.05, 4.69) is 49.8 Å². The van der Waals surface area contributed by atoms with Gasteiger partial charge >= 0.3 is 0 Å². The first-order chi connectivity index (χ1) is 11.6. The molecule has 5 heteroatoms. The highest BCUT2D eigenvalue weighted by atomic mass is 79.9.